The molecule has 26 heavy (non-hydrogen) atoms. The van der Waals surface area contributed by atoms with E-state index in [1.165, 1.54) is 38.5 Å². The van der Waals surface area contributed by atoms with Crippen LogP contribution >= 0.6 is 0 Å². The molecule has 4 rings (SSSR count). The van der Waals surface area contributed by atoms with Crippen molar-refractivity contribution >= 4 is 11.9 Å². The van der Waals surface area contributed by atoms with E-state index >= 15 is 0 Å². The molecule has 0 saturated heterocycles. The summed E-state index contributed by atoms with van der Waals surface area (Å²) in [5.41, 5.74) is 0.518. The van der Waals surface area contributed by atoms with E-state index in [0.717, 1.165) is 24.2 Å². The Kier molecular flexibility index (Phi) is 5.75. The fraction of sp³-hybridized carbons (Fsp3) is 0.810. The topological polar surface area (TPSA) is 61.8 Å². The molecule has 0 spiro atoms. The fourth-order valence-corrected chi connectivity index (χ4v) is 5.74. The Balaban J connectivity index is 1.58. The molecule has 4 aliphatic carbocycles. The lowest BCUT2D eigenvalue weighted by Gasteiger charge is -2.57. The van der Waals surface area contributed by atoms with E-state index in [1.807, 2.05) is 13.8 Å². The van der Waals surface area contributed by atoms with Gasteiger partial charge in [-0.3, -0.25) is 0 Å². The first-order valence-corrected chi connectivity index (χ1v) is 9.92. The smallest absolute Gasteiger partial charge is 0.346 e. The van der Waals surface area contributed by atoms with E-state index in [0.29, 0.717) is 0 Å². The van der Waals surface area contributed by atoms with E-state index in [2.05, 4.69) is 6.58 Å². The Bertz CT molecular complexity index is 529. The van der Waals surface area contributed by atoms with Crippen LogP contribution in [-0.4, -0.2) is 30.9 Å². The molecule has 4 bridgehead atoms. The molecule has 5 heteroatoms. The minimum absolute atomic E-state index is 0.0281. The molecule has 146 valence electrons. The quantitative estimate of drug-likeness (QED) is 0.370. The predicted molar refractivity (Wildman–Crippen MR) is 97.1 cm³/mol. The summed E-state index contributed by atoms with van der Waals surface area (Å²) in [6.07, 6.45) is 8.01. The molecule has 0 aromatic carbocycles. The average Bonchev–Trinajstić information content (AvgIpc) is 2.49. The lowest BCUT2D eigenvalue weighted by atomic mass is 9.49. The number of carbonyl (C=O) groups excluding carboxylic acids is 2. The van der Waals surface area contributed by atoms with Crippen molar-refractivity contribution in [3.63, 3.8) is 0 Å². The summed E-state index contributed by atoms with van der Waals surface area (Å²) in [6, 6.07) is 0. The number of carbonyl (C=O) groups is 2. The van der Waals surface area contributed by atoms with Crippen molar-refractivity contribution in [3.05, 3.63) is 12.2 Å². The summed E-state index contributed by atoms with van der Waals surface area (Å²) >= 11 is 0. The van der Waals surface area contributed by atoms with Crippen LogP contribution in [-0.2, 0) is 23.8 Å². The van der Waals surface area contributed by atoms with E-state index in [4.69, 9.17) is 14.2 Å². The average molecular weight is 364 g/mol. The molecule has 5 nitrogen and oxygen atoms in total. The molecule has 0 heterocycles. The van der Waals surface area contributed by atoms with E-state index in [-0.39, 0.29) is 17.1 Å². The van der Waals surface area contributed by atoms with Crippen LogP contribution in [0, 0.1) is 23.2 Å². The maximum atomic E-state index is 12.1. The van der Waals surface area contributed by atoms with E-state index in [9.17, 15) is 9.59 Å². The lowest BCUT2D eigenvalue weighted by Crippen LogP contribution is -2.48. The third-order valence-electron chi connectivity index (χ3n) is 6.12. The number of rotatable bonds is 8. The molecule has 0 N–H and O–H groups in total. The summed E-state index contributed by atoms with van der Waals surface area (Å²) in [6.45, 7) is 8.54. The van der Waals surface area contributed by atoms with Crippen molar-refractivity contribution in [2.24, 2.45) is 23.2 Å². The molecule has 0 amide bonds. The van der Waals surface area contributed by atoms with Crippen molar-refractivity contribution < 1.29 is 23.8 Å². The van der Waals surface area contributed by atoms with Crippen molar-refractivity contribution in [1.29, 1.82) is 0 Å². The van der Waals surface area contributed by atoms with Crippen LogP contribution in [0.5, 0.6) is 0 Å². The molecule has 0 radical (unpaired) electrons. The molecule has 4 aliphatic rings. The van der Waals surface area contributed by atoms with Crippen LogP contribution in [0.4, 0.5) is 0 Å². The third kappa shape index (κ3) is 4.67. The summed E-state index contributed by atoms with van der Waals surface area (Å²) in [5, 5.41) is 0. The minimum Gasteiger partial charge on any atom is -0.450 e. The van der Waals surface area contributed by atoms with Gasteiger partial charge in [0.25, 0.3) is 0 Å². The van der Waals surface area contributed by atoms with Gasteiger partial charge in [-0.05, 0) is 82.5 Å². The van der Waals surface area contributed by atoms with E-state index in [1.54, 1.807) is 6.92 Å². The van der Waals surface area contributed by atoms with Gasteiger partial charge < -0.3 is 14.2 Å². The molecular formula is C21H32O5. The van der Waals surface area contributed by atoms with Crippen LogP contribution < -0.4 is 0 Å². The second-order valence-corrected chi connectivity index (χ2v) is 9.08. The third-order valence-corrected chi connectivity index (χ3v) is 6.12. The fourth-order valence-electron chi connectivity index (χ4n) is 5.74. The van der Waals surface area contributed by atoms with Crippen LogP contribution in [0.25, 0.3) is 0 Å². The summed E-state index contributed by atoms with van der Waals surface area (Å²) in [4.78, 5) is 23.6. The maximum Gasteiger partial charge on any atom is 0.346 e. The van der Waals surface area contributed by atoms with Gasteiger partial charge in [-0.1, -0.05) is 6.58 Å². The van der Waals surface area contributed by atoms with Crippen molar-refractivity contribution in [2.45, 2.75) is 78.1 Å². The van der Waals surface area contributed by atoms with Crippen molar-refractivity contribution in [2.75, 3.05) is 6.61 Å². The largest absolute Gasteiger partial charge is 0.450 e. The predicted octanol–water partition coefficient (Wildman–Crippen LogP) is 4.01. The molecule has 0 aromatic heterocycles. The molecule has 0 aliphatic heterocycles. The maximum absolute atomic E-state index is 12.1. The zero-order chi connectivity index (χ0) is 18.9. The van der Waals surface area contributed by atoms with Crippen LogP contribution in [0.1, 0.15) is 65.7 Å². The highest BCUT2D eigenvalue weighted by Crippen LogP contribution is 2.61. The van der Waals surface area contributed by atoms with Gasteiger partial charge in [0.1, 0.15) is 0 Å². The first kappa shape index (κ1) is 19.4. The highest BCUT2D eigenvalue weighted by Gasteiger charge is 2.52. The summed E-state index contributed by atoms with van der Waals surface area (Å²) < 4.78 is 16.4. The Labute approximate surface area is 156 Å². The number of hydrogen-bond acceptors (Lipinski definition) is 5. The first-order valence-electron chi connectivity index (χ1n) is 9.92. The van der Waals surface area contributed by atoms with Gasteiger partial charge in [0.15, 0.2) is 6.61 Å². The van der Waals surface area contributed by atoms with E-state index < -0.39 is 24.8 Å². The molecule has 4 saturated carbocycles. The molecule has 1 atom stereocenters. The number of ether oxygens (including phenoxy) is 3. The Hall–Kier alpha value is -1.36. The first-order chi connectivity index (χ1) is 12.2. The molecule has 1 unspecified atom stereocenters. The Morgan fingerprint density at radius 3 is 2.08 bits per heavy atom. The zero-order valence-electron chi connectivity index (χ0n) is 16.3. The SMILES string of the molecule is C=C(C)C(=O)OCC(=O)OC(CC12CC3CC(CC(C3)C1)C2)OC(C)C. The van der Waals surface area contributed by atoms with Gasteiger partial charge >= 0.3 is 11.9 Å². The van der Waals surface area contributed by atoms with Gasteiger partial charge in [-0.15, -0.1) is 0 Å². The Morgan fingerprint density at radius 1 is 1.08 bits per heavy atom. The van der Waals surface area contributed by atoms with Crippen molar-refractivity contribution in [1.82, 2.24) is 0 Å². The van der Waals surface area contributed by atoms with Crippen molar-refractivity contribution in [3.8, 4) is 0 Å². The van der Waals surface area contributed by atoms with Gasteiger partial charge in [-0.2, -0.15) is 0 Å². The molecule has 4 fully saturated rings. The zero-order valence-corrected chi connectivity index (χ0v) is 16.3. The van der Waals surface area contributed by atoms with Gasteiger partial charge in [0.05, 0.1) is 6.10 Å². The van der Waals surface area contributed by atoms with Crippen LogP contribution in [0.3, 0.4) is 0 Å². The highest BCUT2D eigenvalue weighted by atomic mass is 16.7. The lowest BCUT2D eigenvalue weighted by molar-refractivity contribution is -0.207. The second-order valence-electron chi connectivity index (χ2n) is 9.08. The monoisotopic (exact) mass is 364 g/mol. The summed E-state index contributed by atoms with van der Waals surface area (Å²) in [7, 11) is 0. The normalized spacial score (nSPS) is 33.2. The standard InChI is InChI=1S/C21H32O5/c1-13(2)20(23)24-12-18(22)26-19(25-14(3)4)11-21-8-15-5-16(9-21)7-17(6-15)10-21/h14-17,19H,1,5-12H2,2-4H3. The second kappa shape index (κ2) is 7.71. The number of esters is 2. The molecule has 0 aromatic rings. The van der Waals surface area contributed by atoms with Crippen LogP contribution in [0.15, 0.2) is 12.2 Å². The summed E-state index contributed by atoms with van der Waals surface area (Å²) in [5.74, 6) is 1.38. The number of hydrogen-bond donors (Lipinski definition) is 0. The highest BCUT2D eigenvalue weighted by molar-refractivity contribution is 5.88. The Morgan fingerprint density at radius 2 is 1.62 bits per heavy atom. The minimum atomic E-state index is -0.579. The van der Waals surface area contributed by atoms with Gasteiger partial charge in [-0.25, -0.2) is 9.59 Å². The van der Waals surface area contributed by atoms with Gasteiger partial charge in [0, 0.05) is 12.0 Å². The van der Waals surface area contributed by atoms with Gasteiger partial charge in [0.2, 0.25) is 6.29 Å². The molecular weight excluding hydrogens is 332 g/mol. The van der Waals surface area contributed by atoms with Crippen LogP contribution in [0.2, 0.25) is 0 Å².